The van der Waals surface area contributed by atoms with E-state index in [1.165, 1.54) is 10.8 Å². The van der Waals surface area contributed by atoms with Crippen LogP contribution in [0, 0.1) is 18.3 Å². The molecule has 0 fully saturated rings. The number of aliphatic imine (C=N–C) groups is 1. The third-order valence-corrected chi connectivity index (χ3v) is 4.24. The number of aromatic hydroxyl groups is 1. The van der Waals surface area contributed by atoms with Crippen molar-refractivity contribution < 1.29 is 9.84 Å². The molecule has 1 unspecified atom stereocenters. The highest BCUT2D eigenvalue weighted by molar-refractivity contribution is 5.87. The Morgan fingerprint density at radius 1 is 1.44 bits per heavy atom. The first kappa shape index (κ1) is 18.3. The molecule has 130 valence electrons. The van der Waals surface area contributed by atoms with Crippen LogP contribution in [0.2, 0.25) is 0 Å². The fourth-order valence-corrected chi connectivity index (χ4v) is 2.56. The second-order valence-electron chi connectivity index (χ2n) is 5.71. The molecule has 2 rings (SSSR count). The SMILES string of the molecule is CCC(C)n1c(O)c(C=Nc2ccccc2OC)c(C)c(C#N)c1=O. The van der Waals surface area contributed by atoms with E-state index in [9.17, 15) is 15.2 Å². The summed E-state index contributed by atoms with van der Waals surface area (Å²) in [5.41, 5.74) is 0.870. The fraction of sp³-hybridized carbons (Fsp3) is 0.316. The lowest BCUT2D eigenvalue weighted by atomic mass is 10.0. The molecule has 0 spiro atoms. The zero-order valence-electron chi connectivity index (χ0n) is 14.8. The van der Waals surface area contributed by atoms with Gasteiger partial charge in [-0.15, -0.1) is 0 Å². The zero-order chi connectivity index (χ0) is 18.6. The van der Waals surface area contributed by atoms with Crippen molar-refractivity contribution in [3.8, 4) is 17.7 Å². The molecule has 0 bridgehead atoms. The monoisotopic (exact) mass is 339 g/mol. The molecule has 2 aromatic rings. The number of nitriles is 1. The predicted octanol–water partition coefficient (Wildman–Crippen LogP) is 3.46. The van der Waals surface area contributed by atoms with Crippen LogP contribution in [0.3, 0.4) is 0 Å². The number of pyridine rings is 1. The lowest BCUT2D eigenvalue weighted by molar-refractivity contribution is 0.372. The van der Waals surface area contributed by atoms with Crippen molar-refractivity contribution in [3.05, 3.63) is 51.3 Å². The van der Waals surface area contributed by atoms with Crippen molar-refractivity contribution in [1.82, 2.24) is 4.57 Å². The van der Waals surface area contributed by atoms with E-state index in [0.717, 1.165) is 0 Å². The number of benzene rings is 1. The summed E-state index contributed by atoms with van der Waals surface area (Å²) in [6, 6.07) is 8.91. The van der Waals surface area contributed by atoms with Crippen LogP contribution < -0.4 is 10.3 Å². The Balaban J connectivity index is 2.67. The second kappa shape index (κ2) is 7.67. The highest BCUT2D eigenvalue weighted by Gasteiger charge is 2.20. The lowest BCUT2D eigenvalue weighted by Crippen LogP contribution is -2.27. The minimum atomic E-state index is -0.485. The predicted molar refractivity (Wildman–Crippen MR) is 97.1 cm³/mol. The van der Waals surface area contributed by atoms with E-state index in [1.807, 2.05) is 32.0 Å². The first-order chi connectivity index (χ1) is 12.0. The average molecular weight is 339 g/mol. The van der Waals surface area contributed by atoms with Crippen molar-refractivity contribution in [2.45, 2.75) is 33.2 Å². The smallest absolute Gasteiger partial charge is 0.271 e. The van der Waals surface area contributed by atoms with Gasteiger partial charge in [0.1, 0.15) is 23.1 Å². The molecule has 1 aromatic carbocycles. The van der Waals surface area contributed by atoms with Gasteiger partial charge in [-0.2, -0.15) is 5.26 Å². The van der Waals surface area contributed by atoms with Gasteiger partial charge in [0.05, 0.1) is 12.7 Å². The minimum Gasteiger partial charge on any atom is -0.494 e. The maximum absolute atomic E-state index is 12.5. The van der Waals surface area contributed by atoms with Crippen molar-refractivity contribution in [3.63, 3.8) is 0 Å². The van der Waals surface area contributed by atoms with Gasteiger partial charge in [-0.05, 0) is 38.0 Å². The first-order valence-corrected chi connectivity index (χ1v) is 8.01. The standard InChI is InChI=1S/C19H21N3O3/c1-5-12(2)22-18(23)14(10-20)13(3)15(19(22)24)11-21-16-8-6-7-9-17(16)25-4/h6-9,11-12,24H,5H2,1-4H3. The maximum atomic E-state index is 12.5. The molecule has 0 saturated heterocycles. The molecular formula is C19H21N3O3. The second-order valence-corrected chi connectivity index (χ2v) is 5.71. The molecule has 0 aliphatic rings. The van der Waals surface area contributed by atoms with E-state index >= 15 is 0 Å². The van der Waals surface area contributed by atoms with Gasteiger partial charge < -0.3 is 9.84 Å². The van der Waals surface area contributed by atoms with Crippen molar-refractivity contribution in [1.29, 1.82) is 5.26 Å². The number of hydrogen-bond acceptors (Lipinski definition) is 5. The van der Waals surface area contributed by atoms with Gasteiger partial charge in [0.2, 0.25) is 5.88 Å². The summed E-state index contributed by atoms with van der Waals surface area (Å²) in [5, 5.41) is 20.0. The van der Waals surface area contributed by atoms with Gasteiger partial charge in [-0.3, -0.25) is 14.4 Å². The molecule has 0 saturated carbocycles. The minimum absolute atomic E-state index is 0.0135. The molecule has 6 heteroatoms. The normalized spacial score (nSPS) is 12.1. The first-order valence-electron chi connectivity index (χ1n) is 8.01. The number of hydrogen-bond donors (Lipinski definition) is 1. The summed E-state index contributed by atoms with van der Waals surface area (Å²) >= 11 is 0. The molecular weight excluding hydrogens is 318 g/mol. The summed E-state index contributed by atoms with van der Waals surface area (Å²) in [5.74, 6) is 0.404. The molecule has 0 aliphatic carbocycles. The van der Waals surface area contributed by atoms with E-state index in [0.29, 0.717) is 29.0 Å². The van der Waals surface area contributed by atoms with Gasteiger partial charge >= 0.3 is 0 Å². The summed E-state index contributed by atoms with van der Waals surface area (Å²) < 4.78 is 6.50. The molecule has 1 aromatic heterocycles. The largest absolute Gasteiger partial charge is 0.494 e. The van der Waals surface area contributed by atoms with Crippen LogP contribution in [-0.4, -0.2) is 23.0 Å². The van der Waals surface area contributed by atoms with E-state index in [1.54, 1.807) is 26.2 Å². The van der Waals surface area contributed by atoms with E-state index in [4.69, 9.17) is 4.74 Å². The van der Waals surface area contributed by atoms with Gasteiger partial charge in [0.25, 0.3) is 5.56 Å². The quantitative estimate of drug-likeness (QED) is 0.845. The Morgan fingerprint density at radius 3 is 2.72 bits per heavy atom. The van der Waals surface area contributed by atoms with Crippen molar-refractivity contribution in [2.24, 2.45) is 4.99 Å². The van der Waals surface area contributed by atoms with Crippen molar-refractivity contribution in [2.75, 3.05) is 7.11 Å². The molecule has 25 heavy (non-hydrogen) atoms. The fourth-order valence-electron chi connectivity index (χ4n) is 2.56. The molecule has 0 amide bonds. The van der Waals surface area contributed by atoms with Crippen LogP contribution in [-0.2, 0) is 0 Å². The van der Waals surface area contributed by atoms with Crippen LogP contribution in [0.25, 0.3) is 0 Å². The van der Waals surface area contributed by atoms with Crippen molar-refractivity contribution >= 4 is 11.9 Å². The number of ether oxygens (including phenoxy) is 1. The van der Waals surface area contributed by atoms with Crippen LogP contribution in [0.5, 0.6) is 11.6 Å². The highest BCUT2D eigenvalue weighted by atomic mass is 16.5. The van der Waals surface area contributed by atoms with E-state index in [2.05, 4.69) is 4.99 Å². The van der Waals surface area contributed by atoms with E-state index in [-0.39, 0.29) is 17.5 Å². The average Bonchev–Trinajstić information content (AvgIpc) is 2.62. The van der Waals surface area contributed by atoms with Crippen LogP contribution >= 0.6 is 0 Å². The molecule has 1 heterocycles. The Kier molecular flexibility index (Phi) is 5.60. The van der Waals surface area contributed by atoms with Gasteiger partial charge in [0, 0.05) is 12.3 Å². The number of methoxy groups -OCH3 is 1. The highest BCUT2D eigenvalue weighted by Crippen LogP contribution is 2.28. The van der Waals surface area contributed by atoms with Crippen LogP contribution in [0.4, 0.5) is 5.69 Å². The van der Waals surface area contributed by atoms with Crippen LogP contribution in [0.1, 0.15) is 43.0 Å². The number of rotatable bonds is 5. The Morgan fingerprint density at radius 2 is 2.12 bits per heavy atom. The molecule has 0 radical (unpaired) electrons. The molecule has 0 aliphatic heterocycles. The summed E-state index contributed by atoms with van der Waals surface area (Å²) in [4.78, 5) is 16.9. The summed E-state index contributed by atoms with van der Waals surface area (Å²) in [7, 11) is 1.55. The Bertz CT molecular complexity index is 907. The van der Waals surface area contributed by atoms with Gasteiger partial charge in [-0.25, -0.2) is 0 Å². The lowest BCUT2D eigenvalue weighted by Gasteiger charge is -2.18. The maximum Gasteiger partial charge on any atom is 0.271 e. The molecule has 6 nitrogen and oxygen atoms in total. The zero-order valence-corrected chi connectivity index (χ0v) is 14.8. The van der Waals surface area contributed by atoms with Gasteiger partial charge in [0.15, 0.2) is 0 Å². The number of aromatic nitrogens is 1. The Labute approximate surface area is 146 Å². The third kappa shape index (κ3) is 3.41. The summed E-state index contributed by atoms with van der Waals surface area (Å²) in [6.07, 6.45) is 2.10. The number of para-hydroxylation sites is 2. The topological polar surface area (TPSA) is 87.6 Å². The van der Waals surface area contributed by atoms with E-state index < -0.39 is 5.56 Å². The third-order valence-electron chi connectivity index (χ3n) is 4.24. The summed E-state index contributed by atoms with van der Waals surface area (Å²) in [6.45, 7) is 5.36. The molecule has 1 atom stereocenters. The number of nitrogens with zero attached hydrogens (tertiary/aromatic N) is 3. The Hall–Kier alpha value is -3.07. The van der Waals surface area contributed by atoms with Gasteiger partial charge in [-0.1, -0.05) is 19.1 Å². The molecule has 1 N–H and O–H groups in total. The van der Waals surface area contributed by atoms with Crippen LogP contribution in [0.15, 0.2) is 34.1 Å².